The third-order valence-corrected chi connectivity index (χ3v) is 12.7. The van der Waals surface area contributed by atoms with Gasteiger partial charge in [0.1, 0.15) is 0 Å². The standard InChI is InChI=1S/GeO8S2/c2-10(3)6-1(7-10)8-11(4,5)9-1. The van der Waals surface area contributed by atoms with E-state index in [1.807, 2.05) is 0 Å². The van der Waals surface area contributed by atoms with Crippen LogP contribution in [0.5, 0.6) is 0 Å². The van der Waals surface area contributed by atoms with Crippen LogP contribution in [-0.4, -0.2) is 31.4 Å². The van der Waals surface area contributed by atoms with Gasteiger partial charge >= 0.3 is 65.1 Å². The Morgan fingerprint density at radius 2 is 1.00 bits per heavy atom. The molecule has 0 atom stereocenters. The van der Waals surface area contributed by atoms with Gasteiger partial charge < -0.3 is 0 Å². The quantitative estimate of drug-likeness (QED) is 0.463. The zero-order valence-electron chi connectivity index (χ0n) is 4.58. The van der Waals surface area contributed by atoms with Crippen molar-refractivity contribution >= 4 is 35.4 Å². The van der Waals surface area contributed by atoms with Gasteiger partial charge in [0, 0.05) is 0 Å². The van der Waals surface area contributed by atoms with Crippen LogP contribution in [0.15, 0.2) is 0 Å². The Balaban J connectivity index is 2.15. The van der Waals surface area contributed by atoms with Crippen LogP contribution < -0.4 is 0 Å². The number of hydrogen-bond donors (Lipinski definition) is 0. The molecule has 0 unspecified atom stereocenters. The molecule has 0 aromatic rings. The molecule has 0 N–H and O–H groups in total. The molecule has 2 aliphatic heterocycles. The second kappa shape index (κ2) is 1.78. The summed E-state index contributed by atoms with van der Waals surface area (Å²) in [6, 6.07) is 0. The maximum atomic E-state index is 10.2. The van der Waals surface area contributed by atoms with Crippen LogP contribution in [-0.2, 0) is 33.6 Å². The fourth-order valence-corrected chi connectivity index (χ4v) is 10.6. The van der Waals surface area contributed by atoms with E-state index in [4.69, 9.17) is 0 Å². The van der Waals surface area contributed by atoms with Crippen molar-refractivity contribution in [1.29, 1.82) is 0 Å². The molecule has 2 heterocycles. The average Bonchev–Trinajstić information content (AvgIpc) is 1.52. The second-order valence-corrected chi connectivity index (χ2v) is 10.2. The SMILES string of the molecule is O=S1(=O)[O][Ge]2([O]1)[O]S(=O)(=O)[O]2. The van der Waals surface area contributed by atoms with Crippen molar-refractivity contribution in [3.63, 3.8) is 0 Å². The van der Waals surface area contributed by atoms with Crippen molar-refractivity contribution in [3.05, 3.63) is 0 Å². The fourth-order valence-electron chi connectivity index (χ4n) is 0.568. The summed E-state index contributed by atoms with van der Waals surface area (Å²) in [6.07, 6.45) is 0. The van der Waals surface area contributed by atoms with Crippen LogP contribution in [0.25, 0.3) is 0 Å². The van der Waals surface area contributed by atoms with E-state index < -0.39 is 35.4 Å². The zero-order valence-corrected chi connectivity index (χ0v) is 8.31. The van der Waals surface area contributed by atoms with Crippen LogP contribution in [0.4, 0.5) is 0 Å². The van der Waals surface area contributed by atoms with E-state index in [0.717, 1.165) is 0 Å². The second-order valence-electron chi connectivity index (χ2n) is 1.65. The zero-order chi connectivity index (χ0) is 8.33. The topological polar surface area (TPSA) is 105 Å². The molecule has 0 aliphatic carbocycles. The van der Waals surface area contributed by atoms with Gasteiger partial charge in [-0.3, -0.25) is 0 Å². The van der Waals surface area contributed by atoms with Crippen molar-refractivity contribution in [2.24, 2.45) is 0 Å². The first kappa shape index (κ1) is 7.91. The molecule has 2 rings (SSSR count). The number of hydrogen-bond acceptors (Lipinski definition) is 8. The fraction of sp³-hybridized carbons (Fsp3) is 0. The first-order valence-electron chi connectivity index (χ1n) is 2.15. The summed E-state index contributed by atoms with van der Waals surface area (Å²) in [6.45, 7) is 0. The summed E-state index contributed by atoms with van der Waals surface area (Å²) < 4.78 is 56.6. The van der Waals surface area contributed by atoms with Crippen LogP contribution in [0.1, 0.15) is 0 Å². The van der Waals surface area contributed by atoms with Gasteiger partial charge in [-0.05, 0) is 0 Å². The molecule has 0 aromatic carbocycles. The van der Waals surface area contributed by atoms with Crippen LogP contribution in [0.2, 0.25) is 0 Å². The Bertz CT molecular complexity index is 316. The Kier molecular flexibility index (Phi) is 1.28. The number of rotatable bonds is 0. The van der Waals surface area contributed by atoms with E-state index in [0.29, 0.717) is 0 Å². The third kappa shape index (κ3) is 1.20. The molecule has 64 valence electrons. The van der Waals surface area contributed by atoms with Crippen LogP contribution >= 0.6 is 0 Å². The minimum atomic E-state index is -4.22. The van der Waals surface area contributed by atoms with E-state index >= 15 is 0 Å². The maximum absolute atomic E-state index is 10.2. The minimum absolute atomic E-state index is 4.00. The van der Waals surface area contributed by atoms with Crippen molar-refractivity contribution < 1.29 is 29.7 Å². The van der Waals surface area contributed by atoms with Gasteiger partial charge in [0.05, 0.1) is 0 Å². The molecule has 11 heavy (non-hydrogen) atoms. The molecule has 0 saturated carbocycles. The summed E-state index contributed by atoms with van der Waals surface area (Å²) in [5.74, 6) is 0. The molecule has 0 radical (unpaired) electrons. The van der Waals surface area contributed by atoms with Crippen molar-refractivity contribution in [3.8, 4) is 0 Å². The van der Waals surface area contributed by atoms with E-state index in [1.54, 1.807) is 0 Å². The molecular formula is GeO8S2. The van der Waals surface area contributed by atoms with Crippen molar-refractivity contribution in [2.45, 2.75) is 0 Å². The third-order valence-electron chi connectivity index (χ3n) is 0.816. The molecule has 2 fully saturated rings. The van der Waals surface area contributed by atoms with Gasteiger partial charge in [0.2, 0.25) is 0 Å². The van der Waals surface area contributed by atoms with Gasteiger partial charge in [-0.25, -0.2) is 0 Å². The van der Waals surface area contributed by atoms with Gasteiger partial charge in [-0.2, -0.15) is 0 Å². The van der Waals surface area contributed by atoms with Gasteiger partial charge in [0.15, 0.2) is 0 Å². The molecular weight excluding hydrogens is 265 g/mol. The molecule has 0 aromatic heterocycles. The molecule has 8 nitrogen and oxygen atoms in total. The Morgan fingerprint density at radius 3 is 1.18 bits per heavy atom. The monoisotopic (exact) mass is 266 g/mol. The summed E-state index contributed by atoms with van der Waals surface area (Å²) in [5, 5.41) is 0. The van der Waals surface area contributed by atoms with E-state index in [-0.39, 0.29) is 0 Å². The van der Waals surface area contributed by atoms with Crippen LogP contribution in [0, 0.1) is 0 Å². The van der Waals surface area contributed by atoms with E-state index in [2.05, 4.69) is 12.8 Å². The molecule has 0 amide bonds. The Labute approximate surface area is 65.4 Å². The molecule has 11 heteroatoms. The summed E-state index contributed by atoms with van der Waals surface area (Å²) in [7, 11) is -8.06. The van der Waals surface area contributed by atoms with Gasteiger partial charge in [0.25, 0.3) is 0 Å². The molecule has 2 saturated heterocycles. The molecule has 0 bridgehead atoms. The normalized spacial score (nSPS) is 35.6. The summed E-state index contributed by atoms with van der Waals surface area (Å²) >= 11 is -4.22. The van der Waals surface area contributed by atoms with E-state index in [1.165, 1.54) is 0 Å². The Morgan fingerprint density at radius 1 is 0.727 bits per heavy atom. The van der Waals surface area contributed by atoms with Crippen molar-refractivity contribution in [2.75, 3.05) is 0 Å². The average molecular weight is 265 g/mol. The Hall–Kier alpha value is 0.283. The molecule has 1 spiro atoms. The molecule has 2 aliphatic rings. The van der Waals surface area contributed by atoms with Crippen molar-refractivity contribution in [1.82, 2.24) is 0 Å². The summed E-state index contributed by atoms with van der Waals surface area (Å²) in [4.78, 5) is 0. The van der Waals surface area contributed by atoms with Gasteiger partial charge in [-0.1, -0.05) is 0 Å². The first-order valence-corrected chi connectivity index (χ1v) is 8.24. The predicted molar refractivity (Wildman–Crippen MR) is 27.9 cm³/mol. The first-order chi connectivity index (χ1) is 4.83. The van der Waals surface area contributed by atoms with E-state index in [9.17, 15) is 16.8 Å². The summed E-state index contributed by atoms with van der Waals surface area (Å²) in [5.41, 5.74) is 0. The predicted octanol–water partition coefficient (Wildman–Crippen LogP) is -1.99. The van der Waals surface area contributed by atoms with Gasteiger partial charge in [-0.15, -0.1) is 0 Å². The van der Waals surface area contributed by atoms with Crippen LogP contribution in [0.3, 0.4) is 0 Å².